The van der Waals surface area contributed by atoms with E-state index in [-0.39, 0.29) is 0 Å². The van der Waals surface area contributed by atoms with Crippen LogP contribution < -0.4 is 5.32 Å². The summed E-state index contributed by atoms with van der Waals surface area (Å²) in [6, 6.07) is 4.70. The lowest BCUT2D eigenvalue weighted by molar-refractivity contribution is 0.493. The lowest BCUT2D eigenvalue weighted by Gasteiger charge is -2.17. The molecule has 0 radical (unpaired) electrons. The number of hydrogen-bond acceptors (Lipinski definition) is 2. The third-order valence-electron chi connectivity index (χ3n) is 2.33. The van der Waals surface area contributed by atoms with E-state index < -0.39 is 0 Å². The molecule has 1 aromatic heterocycles. The quantitative estimate of drug-likeness (QED) is 0.749. The van der Waals surface area contributed by atoms with Crippen LogP contribution in [0.15, 0.2) is 24.5 Å². The van der Waals surface area contributed by atoms with Crippen molar-refractivity contribution in [2.45, 2.75) is 39.2 Å². The molecule has 0 amide bonds. The van der Waals surface area contributed by atoms with Crippen molar-refractivity contribution in [3.8, 4) is 0 Å². The fourth-order valence-corrected chi connectivity index (χ4v) is 1.59. The molecule has 0 aromatic carbocycles. The minimum Gasteiger partial charge on any atom is -0.310 e. The molecule has 1 aromatic rings. The summed E-state index contributed by atoms with van der Waals surface area (Å²) in [5.41, 5.74) is 1.36. The second kappa shape index (κ2) is 6.55. The minimum absolute atomic E-state index is 0.503. The maximum atomic E-state index is 4.04. The fourth-order valence-electron chi connectivity index (χ4n) is 1.59. The predicted octanol–water partition coefficient (Wildman–Crippen LogP) is 2.92. The summed E-state index contributed by atoms with van der Waals surface area (Å²) in [6.45, 7) is 5.51. The smallest absolute Gasteiger partial charge is 0.0321 e. The van der Waals surface area contributed by atoms with Gasteiger partial charge in [-0.1, -0.05) is 20.3 Å². The Morgan fingerprint density at radius 3 is 2.50 bits per heavy atom. The highest BCUT2D eigenvalue weighted by Gasteiger charge is 2.07. The maximum absolute atomic E-state index is 4.04. The predicted molar refractivity (Wildman–Crippen MR) is 60.2 cm³/mol. The normalized spacial score (nSPS) is 12.7. The Balaban J connectivity index is 2.58. The first kappa shape index (κ1) is 11.2. The van der Waals surface area contributed by atoms with Crippen LogP contribution in [0.3, 0.4) is 0 Å². The molecule has 1 rings (SSSR count). The number of pyridine rings is 1. The van der Waals surface area contributed by atoms with Gasteiger partial charge < -0.3 is 5.32 Å². The second-order valence-electron chi connectivity index (χ2n) is 3.58. The van der Waals surface area contributed by atoms with E-state index in [1.165, 1.54) is 24.8 Å². The van der Waals surface area contributed by atoms with Crippen LogP contribution in [0.25, 0.3) is 0 Å². The van der Waals surface area contributed by atoms with Crippen LogP contribution in [-0.4, -0.2) is 11.5 Å². The zero-order chi connectivity index (χ0) is 10.2. The molecule has 0 saturated heterocycles. The standard InChI is InChI=1S/C12H20N2/c1-3-5-12(14-8-4-2)11-6-9-13-10-7-11/h6-7,9-10,12,14H,3-5,8H2,1-2H3. The van der Waals surface area contributed by atoms with Crippen LogP contribution >= 0.6 is 0 Å². The number of rotatable bonds is 6. The van der Waals surface area contributed by atoms with Crippen LogP contribution in [0.4, 0.5) is 0 Å². The number of hydrogen-bond donors (Lipinski definition) is 1. The van der Waals surface area contributed by atoms with E-state index in [4.69, 9.17) is 0 Å². The summed E-state index contributed by atoms with van der Waals surface area (Å²) in [5, 5.41) is 3.56. The highest BCUT2D eigenvalue weighted by molar-refractivity contribution is 5.14. The molecule has 2 heteroatoms. The van der Waals surface area contributed by atoms with Crippen LogP contribution in [0, 0.1) is 0 Å². The SMILES string of the molecule is CCCNC(CCC)c1ccncc1. The van der Waals surface area contributed by atoms with Gasteiger partial charge in [0, 0.05) is 18.4 Å². The van der Waals surface area contributed by atoms with Gasteiger partial charge in [-0.2, -0.15) is 0 Å². The van der Waals surface area contributed by atoms with Gasteiger partial charge in [0.15, 0.2) is 0 Å². The monoisotopic (exact) mass is 192 g/mol. The van der Waals surface area contributed by atoms with Crippen LogP contribution in [-0.2, 0) is 0 Å². The molecule has 0 bridgehead atoms. The van der Waals surface area contributed by atoms with Crippen molar-refractivity contribution in [3.05, 3.63) is 30.1 Å². The van der Waals surface area contributed by atoms with Gasteiger partial charge in [-0.15, -0.1) is 0 Å². The summed E-state index contributed by atoms with van der Waals surface area (Å²) in [6.07, 6.45) is 7.33. The Hall–Kier alpha value is -0.890. The number of aromatic nitrogens is 1. The molecule has 0 saturated carbocycles. The molecule has 0 aliphatic heterocycles. The van der Waals surface area contributed by atoms with Gasteiger partial charge in [0.25, 0.3) is 0 Å². The summed E-state index contributed by atoms with van der Waals surface area (Å²) in [4.78, 5) is 4.04. The molecule has 0 aliphatic carbocycles. The van der Waals surface area contributed by atoms with Crippen molar-refractivity contribution in [3.63, 3.8) is 0 Å². The van der Waals surface area contributed by atoms with E-state index in [1.807, 2.05) is 12.4 Å². The third kappa shape index (κ3) is 3.46. The summed E-state index contributed by atoms with van der Waals surface area (Å²) < 4.78 is 0. The van der Waals surface area contributed by atoms with Crippen LogP contribution in [0.5, 0.6) is 0 Å². The topological polar surface area (TPSA) is 24.9 Å². The van der Waals surface area contributed by atoms with Crippen LogP contribution in [0.2, 0.25) is 0 Å². The van der Waals surface area contributed by atoms with E-state index in [0.717, 1.165) is 6.54 Å². The number of nitrogens with one attached hydrogen (secondary N) is 1. The molecule has 1 unspecified atom stereocenters. The van der Waals surface area contributed by atoms with Gasteiger partial charge in [0.05, 0.1) is 0 Å². The molecule has 1 heterocycles. The van der Waals surface area contributed by atoms with Gasteiger partial charge >= 0.3 is 0 Å². The molecule has 14 heavy (non-hydrogen) atoms. The lowest BCUT2D eigenvalue weighted by Crippen LogP contribution is -2.21. The van der Waals surface area contributed by atoms with Gasteiger partial charge in [0.2, 0.25) is 0 Å². The van der Waals surface area contributed by atoms with E-state index >= 15 is 0 Å². The Morgan fingerprint density at radius 1 is 1.21 bits per heavy atom. The third-order valence-corrected chi connectivity index (χ3v) is 2.33. The first-order valence-corrected chi connectivity index (χ1v) is 5.51. The number of nitrogens with zero attached hydrogens (tertiary/aromatic N) is 1. The molecule has 0 aliphatic rings. The Kier molecular flexibility index (Phi) is 5.23. The van der Waals surface area contributed by atoms with Crippen molar-refractivity contribution >= 4 is 0 Å². The minimum atomic E-state index is 0.503. The van der Waals surface area contributed by atoms with Crippen molar-refractivity contribution in [2.24, 2.45) is 0 Å². The molecule has 0 fully saturated rings. The van der Waals surface area contributed by atoms with Crippen molar-refractivity contribution in [1.82, 2.24) is 10.3 Å². The first-order valence-electron chi connectivity index (χ1n) is 5.51. The van der Waals surface area contributed by atoms with Crippen molar-refractivity contribution in [1.29, 1.82) is 0 Å². The fraction of sp³-hybridized carbons (Fsp3) is 0.583. The van der Waals surface area contributed by atoms with Gasteiger partial charge in [-0.05, 0) is 37.1 Å². The summed E-state index contributed by atoms with van der Waals surface area (Å²) >= 11 is 0. The largest absolute Gasteiger partial charge is 0.310 e. The molecule has 1 N–H and O–H groups in total. The molecule has 2 nitrogen and oxygen atoms in total. The molecule has 0 spiro atoms. The lowest BCUT2D eigenvalue weighted by atomic mass is 10.0. The second-order valence-corrected chi connectivity index (χ2v) is 3.58. The van der Waals surface area contributed by atoms with Gasteiger partial charge in [-0.3, -0.25) is 4.98 Å². The highest BCUT2D eigenvalue weighted by Crippen LogP contribution is 2.17. The van der Waals surface area contributed by atoms with E-state index in [1.54, 1.807) is 0 Å². The van der Waals surface area contributed by atoms with Gasteiger partial charge in [0.1, 0.15) is 0 Å². The van der Waals surface area contributed by atoms with Crippen molar-refractivity contribution < 1.29 is 0 Å². The average molecular weight is 192 g/mol. The Labute approximate surface area is 86.8 Å². The average Bonchev–Trinajstić information content (AvgIpc) is 2.25. The van der Waals surface area contributed by atoms with Crippen molar-refractivity contribution in [2.75, 3.05) is 6.54 Å². The molecular formula is C12H20N2. The molecular weight excluding hydrogens is 172 g/mol. The van der Waals surface area contributed by atoms with Gasteiger partial charge in [-0.25, -0.2) is 0 Å². The summed E-state index contributed by atoms with van der Waals surface area (Å²) in [7, 11) is 0. The Bertz CT molecular complexity index is 233. The zero-order valence-corrected chi connectivity index (χ0v) is 9.16. The van der Waals surface area contributed by atoms with E-state index in [2.05, 4.69) is 36.3 Å². The Morgan fingerprint density at radius 2 is 1.93 bits per heavy atom. The first-order chi connectivity index (χ1) is 6.88. The maximum Gasteiger partial charge on any atom is 0.0321 e. The van der Waals surface area contributed by atoms with E-state index in [0.29, 0.717) is 6.04 Å². The zero-order valence-electron chi connectivity index (χ0n) is 9.16. The summed E-state index contributed by atoms with van der Waals surface area (Å²) in [5.74, 6) is 0. The van der Waals surface area contributed by atoms with E-state index in [9.17, 15) is 0 Å². The highest BCUT2D eigenvalue weighted by atomic mass is 14.9. The van der Waals surface area contributed by atoms with Crippen LogP contribution in [0.1, 0.15) is 44.7 Å². The molecule has 78 valence electrons. The molecule has 1 atom stereocenters.